The van der Waals surface area contributed by atoms with Crippen LogP contribution >= 0.6 is 11.6 Å². The molecule has 0 aromatic heterocycles. The molecule has 1 aromatic carbocycles. The van der Waals surface area contributed by atoms with Gasteiger partial charge in [0.05, 0.1) is 5.02 Å². The van der Waals surface area contributed by atoms with Gasteiger partial charge < -0.3 is 14.8 Å². The van der Waals surface area contributed by atoms with Crippen LogP contribution in [0.5, 0.6) is 11.5 Å². The van der Waals surface area contributed by atoms with Gasteiger partial charge in [0.2, 0.25) is 5.91 Å². The van der Waals surface area contributed by atoms with Crippen molar-refractivity contribution in [3.05, 3.63) is 41.6 Å². The molecule has 0 saturated heterocycles. The molecule has 0 saturated carbocycles. The van der Waals surface area contributed by atoms with E-state index in [4.69, 9.17) is 11.6 Å². The molecule has 0 unspecified atom stereocenters. The molecule has 1 N–H and O–H groups in total. The number of nitrogens with zero attached hydrogens (tertiary/aromatic N) is 1. The van der Waals surface area contributed by atoms with Gasteiger partial charge in [-0.2, -0.15) is 0 Å². The molecule has 1 aromatic rings. The summed E-state index contributed by atoms with van der Waals surface area (Å²) in [5.41, 5.74) is 0.874. The van der Waals surface area contributed by atoms with E-state index in [1.807, 2.05) is 0 Å². The maximum Gasteiger partial charge on any atom is 0.586 e. The number of hydrogen-bond acceptors (Lipinski definition) is 4. The first kappa shape index (κ1) is 20.9. The normalized spacial score (nSPS) is 15.6. The molecule has 2 rings (SSSR count). The molecular weight excluding hydrogens is 378 g/mol. The summed E-state index contributed by atoms with van der Waals surface area (Å²) in [5, 5.41) is 2.87. The van der Waals surface area contributed by atoms with Crippen molar-refractivity contribution in [2.75, 3.05) is 0 Å². The lowest BCUT2D eigenvalue weighted by atomic mass is 10.1. The smallest absolute Gasteiger partial charge is 0.395 e. The molecule has 1 heterocycles. The van der Waals surface area contributed by atoms with Crippen molar-refractivity contribution in [2.24, 2.45) is 4.99 Å². The topological polar surface area (TPSA) is 59.9 Å². The number of hydrogen-bond donors (Lipinski definition) is 1. The third kappa shape index (κ3) is 5.79. The fraction of sp³-hybridized carbons (Fsp3) is 0.368. The Morgan fingerprint density at radius 2 is 2.00 bits per heavy atom. The number of nitrogens with one attached hydrogen (secondary N) is 1. The molecule has 0 spiro atoms. The van der Waals surface area contributed by atoms with Gasteiger partial charge in [-0.25, -0.2) is 4.99 Å². The van der Waals surface area contributed by atoms with Crippen LogP contribution in [0.1, 0.15) is 45.1 Å². The number of carbonyl (C=O) groups excluding carboxylic acids is 1. The van der Waals surface area contributed by atoms with Gasteiger partial charge in [-0.3, -0.25) is 4.79 Å². The summed E-state index contributed by atoms with van der Waals surface area (Å²) in [6.45, 7) is 7.40. The largest absolute Gasteiger partial charge is 0.586 e. The van der Waals surface area contributed by atoms with Gasteiger partial charge in [-0.1, -0.05) is 44.0 Å². The second kappa shape index (κ2) is 8.99. The van der Waals surface area contributed by atoms with Crippen molar-refractivity contribution in [2.45, 2.75) is 45.8 Å². The van der Waals surface area contributed by atoms with Gasteiger partial charge in [-0.05, 0) is 19.4 Å². The highest BCUT2D eigenvalue weighted by molar-refractivity contribution is 6.32. The Bertz CT molecular complexity index is 791. The third-order valence-corrected chi connectivity index (χ3v) is 4.06. The molecule has 0 atom stereocenters. The van der Waals surface area contributed by atoms with Crippen molar-refractivity contribution in [1.82, 2.24) is 5.32 Å². The Morgan fingerprint density at radius 1 is 1.33 bits per heavy atom. The van der Waals surface area contributed by atoms with E-state index >= 15 is 0 Å². The summed E-state index contributed by atoms with van der Waals surface area (Å²) in [4.78, 5) is 16.0. The SMILES string of the molecule is C=C/C(=C\N=C(/C)NC(=O)CCCCC)c1cc2c(cc1Cl)OC(F)(F)O2. The van der Waals surface area contributed by atoms with Crippen molar-refractivity contribution in [1.29, 1.82) is 0 Å². The minimum Gasteiger partial charge on any atom is -0.395 e. The number of ether oxygens (including phenoxy) is 2. The Labute approximate surface area is 161 Å². The van der Waals surface area contributed by atoms with E-state index in [-0.39, 0.29) is 22.4 Å². The highest BCUT2D eigenvalue weighted by Crippen LogP contribution is 2.45. The van der Waals surface area contributed by atoms with Crippen LogP contribution in [0.4, 0.5) is 8.78 Å². The Balaban J connectivity index is 2.15. The molecule has 27 heavy (non-hydrogen) atoms. The molecule has 0 radical (unpaired) electrons. The summed E-state index contributed by atoms with van der Waals surface area (Å²) < 4.78 is 35.2. The van der Waals surface area contributed by atoms with E-state index in [1.165, 1.54) is 24.4 Å². The highest BCUT2D eigenvalue weighted by Gasteiger charge is 2.43. The second-order valence-electron chi connectivity index (χ2n) is 5.95. The third-order valence-electron chi connectivity index (χ3n) is 3.75. The number of rotatable bonds is 7. The van der Waals surface area contributed by atoms with Crippen LogP contribution in [-0.4, -0.2) is 18.0 Å². The fourth-order valence-corrected chi connectivity index (χ4v) is 2.69. The van der Waals surface area contributed by atoms with Crippen LogP contribution in [-0.2, 0) is 4.79 Å². The molecule has 0 aliphatic carbocycles. The molecular formula is C19H21ClF2N2O3. The number of benzene rings is 1. The standard InChI is InChI=1S/C19H21ClF2N2O3/c1-4-6-7-8-18(25)24-12(3)23-11-13(5-2)14-9-16-17(10-15(14)20)27-19(21,22)26-16/h5,9-11H,2,4,6-8H2,1,3H3,(H,23,24,25)/b13-11+. The zero-order valence-corrected chi connectivity index (χ0v) is 15.9. The number of allylic oxidation sites excluding steroid dienone is 2. The van der Waals surface area contributed by atoms with E-state index < -0.39 is 6.29 Å². The van der Waals surface area contributed by atoms with Crippen molar-refractivity contribution in [3.63, 3.8) is 0 Å². The van der Waals surface area contributed by atoms with E-state index in [1.54, 1.807) is 6.92 Å². The maximum absolute atomic E-state index is 13.2. The summed E-state index contributed by atoms with van der Waals surface area (Å²) in [7, 11) is 0. The van der Waals surface area contributed by atoms with Gasteiger partial charge in [-0.15, -0.1) is 8.78 Å². The Kier molecular flexibility index (Phi) is 6.96. The summed E-state index contributed by atoms with van der Waals surface area (Å²) in [6, 6.07) is 2.58. The molecule has 1 aliphatic rings. The quantitative estimate of drug-likeness (QED) is 0.293. The predicted molar refractivity (Wildman–Crippen MR) is 101 cm³/mol. The average molecular weight is 399 g/mol. The minimum atomic E-state index is -3.72. The first-order valence-corrected chi connectivity index (χ1v) is 8.90. The van der Waals surface area contributed by atoms with E-state index in [0.29, 0.717) is 23.4 Å². The number of unbranched alkanes of at least 4 members (excludes halogenated alkanes) is 2. The first-order valence-electron chi connectivity index (χ1n) is 8.52. The number of carbonyl (C=O) groups is 1. The molecule has 8 heteroatoms. The van der Waals surface area contributed by atoms with Gasteiger partial charge in [0.25, 0.3) is 0 Å². The van der Waals surface area contributed by atoms with E-state index in [0.717, 1.165) is 19.3 Å². The number of halogens is 3. The molecule has 146 valence electrons. The van der Waals surface area contributed by atoms with Crippen LogP contribution in [0.15, 0.2) is 36.0 Å². The maximum atomic E-state index is 13.2. The number of aliphatic imine (C=N–C) groups is 1. The molecule has 1 amide bonds. The summed E-state index contributed by atoms with van der Waals surface area (Å²) in [5.74, 6) is 0.0223. The van der Waals surface area contributed by atoms with Crippen molar-refractivity contribution >= 4 is 28.9 Å². The lowest BCUT2D eigenvalue weighted by Crippen LogP contribution is -2.27. The zero-order valence-electron chi connectivity index (χ0n) is 15.2. The molecule has 5 nitrogen and oxygen atoms in total. The lowest BCUT2D eigenvalue weighted by Gasteiger charge is -2.07. The molecule has 0 fully saturated rings. The molecule has 0 bridgehead atoms. The zero-order chi connectivity index (χ0) is 20.0. The number of fused-ring (bicyclic) bond motifs is 1. The Morgan fingerprint density at radius 3 is 2.63 bits per heavy atom. The number of amides is 1. The first-order chi connectivity index (χ1) is 12.8. The van der Waals surface area contributed by atoms with Gasteiger partial charge >= 0.3 is 6.29 Å². The summed E-state index contributed by atoms with van der Waals surface area (Å²) in [6.07, 6.45) is 2.47. The highest BCUT2D eigenvalue weighted by atomic mass is 35.5. The van der Waals surface area contributed by atoms with Crippen molar-refractivity contribution in [3.8, 4) is 11.5 Å². The van der Waals surface area contributed by atoms with Crippen LogP contribution in [0.25, 0.3) is 5.57 Å². The predicted octanol–water partition coefficient (Wildman–Crippen LogP) is 5.30. The van der Waals surface area contributed by atoms with Crippen LogP contribution in [0.2, 0.25) is 5.02 Å². The molecule has 1 aliphatic heterocycles. The van der Waals surface area contributed by atoms with Gasteiger partial charge in [0.15, 0.2) is 11.5 Å². The van der Waals surface area contributed by atoms with Crippen LogP contribution in [0, 0.1) is 0 Å². The minimum absolute atomic E-state index is 0.110. The second-order valence-corrected chi connectivity index (χ2v) is 6.36. The van der Waals surface area contributed by atoms with E-state index in [9.17, 15) is 13.6 Å². The monoisotopic (exact) mass is 398 g/mol. The number of amidine groups is 1. The van der Waals surface area contributed by atoms with E-state index in [2.05, 4.69) is 33.3 Å². The lowest BCUT2D eigenvalue weighted by molar-refractivity contribution is -0.286. The summed E-state index contributed by atoms with van der Waals surface area (Å²) >= 11 is 6.16. The average Bonchev–Trinajstić information content (AvgIpc) is 2.88. The number of alkyl halides is 2. The van der Waals surface area contributed by atoms with Gasteiger partial charge in [0.1, 0.15) is 5.84 Å². The van der Waals surface area contributed by atoms with Gasteiger partial charge in [0, 0.05) is 29.8 Å². The Hall–Kier alpha value is -2.41. The fourth-order valence-electron chi connectivity index (χ4n) is 2.42. The van der Waals surface area contributed by atoms with Crippen LogP contribution in [0.3, 0.4) is 0 Å². The van der Waals surface area contributed by atoms with Crippen molar-refractivity contribution < 1.29 is 23.0 Å². The van der Waals surface area contributed by atoms with Crippen LogP contribution < -0.4 is 14.8 Å².